The molecule has 0 bridgehead atoms. The van der Waals surface area contributed by atoms with Gasteiger partial charge in [-0.2, -0.15) is 13.2 Å². The molecule has 4 nitrogen and oxygen atoms in total. The normalized spacial score (nSPS) is 13.2. The number of carbonyl (C=O) groups is 1. The third-order valence-electron chi connectivity index (χ3n) is 3.98. The fourth-order valence-electron chi connectivity index (χ4n) is 2.84. The Morgan fingerprint density at radius 1 is 1.28 bits per heavy atom. The van der Waals surface area contributed by atoms with Crippen LogP contribution < -0.4 is 5.73 Å². The highest BCUT2D eigenvalue weighted by Crippen LogP contribution is 2.39. The Kier molecular flexibility index (Phi) is 4.20. The molecular formula is C17H13ClF3N3O. The highest BCUT2D eigenvalue weighted by molar-refractivity contribution is 6.31. The maximum Gasteiger partial charge on any atom is 0.416 e. The summed E-state index contributed by atoms with van der Waals surface area (Å²) in [6.07, 6.45) is -4.62. The van der Waals surface area contributed by atoms with E-state index in [0.717, 1.165) is 12.1 Å². The molecule has 1 aromatic heterocycles. The van der Waals surface area contributed by atoms with Crippen molar-refractivity contribution in [1.82, 2.24) is 9.97 Å². The second-order valence-corrected chi connectivity index (χ2v) is 6.07. The average Bonchev–Trinajstić information content (AvgIpc) is 2.95. The fourth-order valence-corrected chi connectivity index (χ4v) is 3.01. The second kappa shape index (κ2) is 6.07. The number of fused-ring (bicyclic) bond motifs is 1. The number of nitrogens with two attached hydrogens (primary N) is 1. The Morgan fingerprint density at radius 2 is 2.00 bits per heavy atom. The van der Waals surface area contributed by atoms with Gasteiger partial charge in [-0.3, -0.25) is 4.79 Å². The second-order valence-electron chi connectivity index (χ2n) is 5.63. The van der Waals surface area contributed by atoms with E-state index in [1.165, 1.54) is 13.0 Å². The quantitative estimate of drug-likeness (QED) is 0.716. The largest absolute Gasteiger partial charge is 0.416 e. The molecule has 0 saturated carbocycles. The van der Waals surface area contributed by atoms with E-state index in [1.807, 2.05) is 0 Å². The van der Waals surface area contributed by atoms with Crippen LogP contribution in [-0.2, 0) is 6.18 Å². The molecule has 0 aliphatic rings. The number of benzene rings is 2. The molecule has 3 N–H and O–H groups in total. The zero-order chi connectivity index (χ0) is 18.4. The molecule has 130 valence electrons. The zero-order valence-corrected chi connectivity index (χ0v) is 13.7. The van der Waals surface area contributed by atoms with Crippen molar-refractivity contribution in [1.29, 1.82) is 0 Å². The van der Waals surface area contributed by atoms with Gasteiger partial charge in [0, 0.05) is 16.5 Å². The number of halogens is 4. The number of aromatic nitrogens is 2. The van der Waals surface area contributed by atoms with Crippen LogP contribution in [0.3, 0.4) is 0 Å². The molecule has 3 aromatic rings. The first-order valence-electron chi connectivity index (χ1n) is 7.33. The lowest BCUT2D eigenvalue weighted by Crippen LogP contribution is -2.20. The highest BCUT2D eigenvalue weighted by Gasteiger charge is 2.37. The molecule has 3 rings (SSSR count). The van der Waals surface area contributed by atoms with E-state index in [0.29, 0.717) is 16.1 Å². The summed E-state index contributed by atoms with van der Waals surface area (Å²) < 4.78 is 40.3. The minimum atomic E-state index is -4.62. The summed E-state index contributed by atoms with van der Waals surface area (Å²) in [4.78, 5) is 18.9. The first-order valence-corrected chi connectivity index (χ1v) is 7.71. The summed E-state index contributed by atoms with van der Waals surface area (Å²) in [6, 6.07) is 8.30. The van der Waals surface area contributed by atoms with Crippen LogP contribution in [0.5, 0.6) is 0 Å². The van der Waals surface area contributed by atoms with Gasteiger partial charge in [0.2, 0.25) is 5.91 Å². The lowest BCUT2D eigenvalue weighted by Gasteiger charge is -2.19. The van der Waals surface area contributed by atoms with Gasteiger partial charge in [-0.05, 0) is 35.9 Å². The van der Waals surface area contributed by atoms with Crippen LogP contribution in [0.2, 0.25) is 5.02 Å². The minimum Gasteiger partial charge on any atom is -0.366 e. The van der Waals surface area contributed by atoms with Gasteiger partial charge in [0.05, 0.1) is 16.6 Å². The van der Waals surface area contributed by atoms with Crippen molar-refractivity contribution in [2.75, 3.05) is 0 Å². The summed E-state index contributed by atoms with van der Waals surface area (Å²) in [5.41, 5.74) is 5.16. The number of nitrogens with one attached hydrogen (secondary N) is 1. The molecule has 1 atom stereocenters. The van der Waals surface area contributed by atoms with Crippen LogP contribution in [0.4, 0.5) is 13.2 Å². The van der Waals surface area contributed by atoms with Gasteiger partial charge < -0.3 is 10.7 Å². The van der Waals surface area contributed by atoms with Gasteiger partial charge >= 0.3 is 6.18 Å². The molecule has 2 aromatic carbocycles. The van der Waals surface area contributed by atoms with Crippen LogP contribution in [0, 0.1) is 0 Å². The molecule has 0 spiro atoms. The number of rotatable bonds is 3. The van der Waals surface area contributed by atoms with Crippen LogP contribution in [0.25, 0.3) is 11.0 Å². The lowest BCUT2D eigenvalue weighted by atomic mass is 9.89. The first kappa shape index (κ1) is 17.3. The van der Waals surface area contributed by atoms with Gasteiger partial charge in [0.25, 0.3) is 0 Å². The third-order valence-corrected chi connectivity index (χ3v) is 4.22. The molecule has 0 saturated heterocycles. The van der Waals surface area contributed by atoms with E-state index >= 15 is 0 Å². The SMILES string of the molecule is CC(c1nc2ccc(Cl)cc2[nH]1)c1c(C(N)=O)cccc1C(F)(F)F. The van der Waals surface area contributed by atoms with Crippen LogP contribution in [0.1, 0.15) is 40.2 Å². The van der Waals surface area contributed by atoms with E-state index in [9.17, 15) is 18.0 Å². The number of amides is 1. The molecular weight excluding hydrogens is 355 g/mol. The van der Waals surface area contributed by atoms with Crippen molar-refractivity contribution >= 4 is 28.5 Å². The monoisotopic (exact) mass is 367 g/mol. The van der Waals surface area contributed by atoms with E-state index in [1.54, 1.807) is 18.2 Å². The van der Waals surface area contributed by atoms with Gasteiger partial charge in [0.15, 0.2) is 0 Å². The van der Waals surface area contributed by atoms with Crippen LogP contribution in [0.15, 0.2) is 36.4 Å². The lowest BCUT2D eigenvalue weighted by molar-refractivity contribution is -0.138. The summed E-state index contributed by atoms with van der Waals surface area (Å²) in [7, 11) is 0. The van der Waals surface area contributed by atoms with E-state index in [4.69, 9.17) is 17.3 Å². The van der Waals surface area contributed by atoms with Crippen LogP contribution >= 0.6 is 11.6 Å². The van der Waals surface area contributed by atoms with Gasteiger partial charge in [-0.1, -0.05) is 24.6 Å². The standard InChI is InChI=1S/C17H13ClF3N3O/c1-8(16-23-12-6-5-9(18)7-13(12)24-16)14-10(15(22)25)3-2-4-11(14)17(19,20)21/h2-8H,1H3,(H2,22,25)(H,23,24). The Bertz CT molecular complexity index is 965. The van der Waals surface area contributed by atoms with Crippen molar-refractivity contribution in [3.63, 3.8) is 0 Å². The molecule has 1 amide bonds. The summed E-state index contributed by atoms with van der Waals surface area (Å²) >= 11 is 5.92. The van der Waals surface area contributed by atoms with E-state index in [2.05, 4.69) is 9.97 Å². The minimum absolute atomic E-state index is 0.180. The number of primary amides is 1. The predicted octanol–water partition coefficient (Wildman–Crippen LogP) is 4.49. The number of imidazole rings is 1. The maximum atomic E-state index is 13.4. The Hall–Kier alpha value is -2.54. The molecule has 0 fully saturated rings. The number of aromatic amines is 1. The highest BCUT2D eigenvalue weighted by atomic mass is 35.5. The van der Waals surface area contributed by atoms with Crippen molar-refractivity contribution in [2.24, 2.45) is 5.73 Å². The van der Waals surface area contributed by atoms with Crippen molar-refractivity contribution < 1.29 is 18.0 Å². The average molecular weight is 368 g/mol. The van der Waals surface area contributed by atoms with E-state index in [-0.39, 0.29) is 17.0 Å². The topological polar surface area (TPSA) is 71.8 Å². The Labute approximate surface area is 145 Å². The molecule has 25 heavy (non-hydrogen) atoms. The Balaban J connectivity index is 2.20. The summed E-state index contributed by atoms with van der Waals surface area (Å²) in [5.74, 6) is -1.46. The van der Waals surface area contributed by atoms with Gasteiger partial charge in [-0.25, -0.2) is 4.98 Å². The van der Waals surface area contributed by atoms with Crippen LogP contribution in [-0.4, -0.2) is 15.9 Å². The van der Waals surface area contributed by atoms with Crippen molar-refractivity contribution in [3.05, 3.63) is 63.9 Å². The molecule has 0 aliphatic carbocycles. The number of hydrogen-bond acceptors (Lipinski definition) is 2. The number of nitrogens with zero attached hydrogens (tertiary/aromatic N) is 1. The fraction of sp³-hybridized carbons (Fsp3) is 0.176. The first-order chi connectivity index (χ1) is 11.7. The molecule has 1 unspecified atom stereocenters. The number of H-pyrrole nitrogens is 1. The smallest absolute Gasteiger partial charge is 0.366 e. The number of alkyl halides is 3. The number of carbonyl (C=O) groups excluding carboxylic acids is 1. The predicted molar refractivity (Wildman–Crippen MR) is 88.6 cm³/mol. The zero-order valence-electron chi connectivity index (χ0n) is 13.0. The molecule has 1 heterocycles. The van der Waals surface area contributed by atoms with E-state index < -0.39 is 23.6 Å². The van der Waals surface area contributed by atoms with Gasteiger partial charge in [0.1, 0.15) is 5.82 Å². The van der Waals surface area contributed by atoms with Crippen molar-refractivity contribution in [2.45, 2.75) is 19.0 Å². The Morgan fingerprint density at radius 3 is 2.64 bits per heavy atom. The maximum absolute atomic E-state index is 13.4. The molecule has 8 heteroatoms. The molecule has 0 aliphatic heterocycles. The number of hydrogen-bond donors (Lipinski definition) is 2. The third kappa shape index (κ3) is 3.19. The summed E-state index contributed by atoms with van der Waals surface area (Å²) in [6.45, 7) is 1.54. The summed E-state index contributed by atoms with van der Waals surface area (Å²) in [5, 5.41) is 0.476. The van der Waals surface area contributed by atoms with Gasteiger partial charge in [-0.15, -0.1) is 0 Å². The van der Waals surface area contributed by atoms with Crippen molar-refractivity contribution in [3.8, 4) is 0 Å². The molecule has 0 radical (unpaired) electrons.